The van der Waals surface area contributed by atoms with E-state index in [4.69, 9.17) is 0 Å². The van der Waals surface area contributed by atoms with Crippen molar-refractivity contribution < 1.29 is 4.74 Å². The summed E-state index contributed by atoms with van der Waals surface area (Å²) < 4.78 is 4.36. The van der Waals surface area contributed by atoms with Crippen LogP contribution in [0.5, 0.6) is 0 Å². The van der Waals surface area contributed by atoms with Crippen molar-refractivity contribution in [2.45, 2.75) is 6.92 Å². The molecule has 0 fully saturated rings. The van der Waals surface area contributed by atoms with Crippen LogP contribution in [-0.2, 0) is 4.74 Å². The molecular weight excluding hydrogens is 168 g/mol. The second-order valence-electron chi connectivity index (χ2n) is 0.737. The van der Waals surface area contributed by atoms with Gasteiger partial charge in [-0.2, -0.15) is 0 Å². The lowest BCUT2D eigenvalue weighted by atomic mass is 11.0. The second kappa shape index (κ2) is 15.9. The molecule has 2 heteroatoms. The minimum absolute atomic E-state index is 1.06. The van der Waals surface area contributed by atoms with Crippen LogP contribution in [0.1, 0.15) is 6.92 Å². The van der Waals surface area contributed by atoms with E-state index < -0.39 is 0 Å². The number of hydrogen-bond acceptors (Lipinski definition) is 1. The molecule has 0 rings (SSSR count). The zero-order valence-corrected chi connectivity index (χ0v) is 6.65. The van der Waals surface area contributed by atoms with Gasteiger partial charge in [0, 0.05) is 5.33 Å². The Balaban J connectivity index is 0. The van der Waals surface area contributed by atoms with Crippen LogP contribution in [0.25, 0.3) is 0 Å². The van der Waals surface area contributed by atoms with E-state index in [0.717, 1.165) is 5.33 Å². The highest BCUT2D eigenvalue weighted by Gasteiger charge is 1.45. The van der Waals surface area contributed by atoms with Crippen molar-refractivity contribution in [2.24, 2.45) is 0 Å². The molecule has 0 radical (unpaired) electrons. The fourth-order valence-corrected chi connectivity index (χ4v) is 0.0680. The Morgan fingerprint density at radius 1 is 1.50 bits per heavy atom. The molecule has 48 valence electrons. The maximum atomic E-state index is 4.36. The van der Waals surface area contributed by atoms with Gasteiger partial charge in [-0.3, -0.25) is 0 Å². The predicted molar refractivity (Wildman–Crippen MR) is 40.9 cm³/mol. The zero-order valence-electron chi connectivity index (χ0n) is 5.06. The molecule has 0 saturated heterocycles. The standard InChI is InChI=1S/C4H6O.C2H5Br/c1-3-5-4-2;1-2-3/h3-4H,1-2H2;2H2,1H3. The molecule has 0 amide bonds. The third-order valence-corrected chi connectivity index (χ3v) is 0.192. The van der Waals surface area contributed by atoms with Gasteiger partial charge in [0.25, 0.3) is 0 Å². The van der Waals surface area contributed by atoms with E-state index in [-0.39, 0.29) is 0 Å². The monoisotopic (exact) mass is 178 g/mol. The van der Waals surface area contributed by atoms with Crippen LogP contribution in [0.4, 0.5) is 0 Å². The summed E-state index contributed by atoms with van der Waals surface area (Å²) in [5.74, 6) is 0. The highest BCUT2D eigenvalue weighted by molar-refractivity contribution is 9.09. The molecule has 0 N–H and O–H groups in total. The summed E-state index contributed by atoms with van der Waals surface area (Å²) >= 11 is 3.15. The van der Waals surface area contributed by atoms with Crippen LogP contribution in [0.15, 0.2) is 25.7 Å². The molecule has 0 aliphatic rings. The fourth-order valence-electron chi connectivity index (χ4n) is 0.0680. The van der Waals surface area contributed by atoms with Crippen molar-refractivity contribution in [2.75, 3.05) is 5.33 Å². The maximum absolute atomic E-state index is 4.36. The lowest BCUT2D eigenvalue weighted by molar-refractivity contribution is 0.406. The molecular formula is C6H11BrO. The Bertz CT molecular complexity index is 46.5. The number of ether oxygens (including phenoxy) is 1. The Morgan fingerprint density at radius 3 is 1.75 bits per heavy atom. The van der Waals surface area contributed by atoms with E-state index >= 15 is 0 Å². The molecule has 0 atom stereocenters. The summed E-state index contributed by atoms with van der Waals surface area (Å²) in [4.78, 5) is 0. The van der Waals surface area contributed by atoms with Crippen molar-refractivity contribution in [3.8, 4) is 0 Å². The van der Waals surface area contributed by atoms with Crippen molar-refractivity contribution in [1.82, 2.24) is 0 Å². The van der Waals surface area contributed by atoms with Gasteiger partial charge >= 0.3 is 0 Å². The quantitative estimate of drug-likeness (QED) is 0.467. The average molecular weight is 179 g/mol. The minimum atomic E-state index is 1.06. The number of alkyl halides is 1. The van der Waals surface area contributed by atoms with Gasteiger partial charge in [-0.15, -0.1) is 0 Å². The number of halogens is 1. The molecule has 0 aromatic rings. The fraction of sp³-hybridized carbons (Fsp3) is 0.333. The van der Waals surface area contributed by atoms with Crippen molar-refractivity contribution in [3.63, 3.8) is 0 Å². The number of hydrogen-bond donors (Lipinski definition) is 0. The molecule has 8 heavy (non-hydrogen) atoms. The zero-order chi connectivity index (χ0) is 6.83. The summed E-state index contributed by atoms with van der Waals surface area (Å²) in [5.41, 5.74) is 0. The molecule has 1 nitrogen and oxygen atoms in total. The van der Waals surface area contributed by atoms with Gasteiger partial charge < -0.3 is 4.74 Å². The highest BCUT2D eigenvalue weighted by atomic mass is 79.9. The van der Waals surface area contributed by atoms with Crippen molar-refractivity contribution >= 4 is 15.9 Å². The molecule has 0 aromatic heterocycles. The molecule has 0 aliphatic carbocycles. The first-order valence-corrected chi connectivity index (χ1v) is 3.38. The molecule has 0 spiro atoms. The smallest absolute Gasteiger partial charge is 0.0829 e. The molecule has 0 saturated carbocycles. The first-order valence-electron chi connectivity index (χ1n) is 2.26. The Labute approximate surface area is 59.2 Å². The first kappa shape index (κ1) is 10.7. The van der Waals surface area contributed by atoms with Gasteiger partial charge in [-0.25, -0.2) is 0 Å². The van der Waals surface area contributed by atoms with Gasteiger partial charge in [0.05, 0.1) is 12.5 Å². The average Bonchev–Trinajstić information content (AvgIpc) is 1.71. The van der Waals surface area contributed by atoms with Crippen LogP contribution >= 0.6 is 15.9 Å². The van der Waals surface area contributed by atoms with Gasteiger partial charge in [-0.05, 0) is 0 Å². The SMILES string of the molecule is C=COC=C.CCBr. The summed E-state index contributed by atoms with van der Waals surface area (Å²) in [6.07, 6.45) is 2.62. The topological polar surface area (TPSA) is 9.23 Å². The van der Waals surface area contributed by atoms with Crippen LogP contribution < -0.4 is 0 Å². The van der Waals surface area contributed by atoms with Crippen LogP contribution in [-0.4, -0.2) is 5.33 Å². The normalized spacial score (nSPS) is 5.75. The molecule has 0 aliphatic heterocycles. The van der Waals surface area contributed by atoms with Crippen molar-refractivity contribution in [3.05, 3.63) is 25.7 Å². The first-order chi connectivity index (χ1) is 3.83. The summed E-state index contributed by atoms with van der Waals surface area (Å²) in [6.45, 7) is 8.56. The molecule has 0 heterocycles. The minimum Gasteiger partial charge on any atom is -0.474 e. The van der Waals surface area contributed by atoms with Crippen LogP contribution in [0.3, 0.4) is 0 Å². The Morgan fingerprint density at radius 2 is 1.75 bits per heavy atom. The Hall–Kier alpha value is -0.240. The highest BCUT2D eigenvalue weighted by Crippen LogP contribution is 1.67. The second-order valence-corrected chi connectivity index (χ2v) is 1.86. The predicted octanol–water partition coefficient (Wildman–Crippen LogP) is 2.69. The third kappa shape index (κ3) is 42.1. The summed E-state index contributed by atoms with van der Waals surface area (Å²) in [5, 5.41) is 1.06. The van der Waals surface area contributed by atoms with Crippen molar-refractivity contribution in [1.29, 1.82) is 0 Å². The van der Waals surface area contributed by atoms with Gasteiger partial charge in [0.15, 0.2) is 0 Å². The van der Waals surface area contributed by atoms with E-state index in [2.05, 4.69) is 33.8 Å². The molecule has 0 aromatic carbocycles. The van der Waals surface area contributed by atoms with Gasteiger partial charge in [-0.1, -0.05) is 36.0 Å². The Kier molecular flexibility index (Phi) is 21.2. The number of rotatable bonds is 2. The summed E-state index contributed by atoms with van der Waals surface area (Å²) in [7, 11) is 0. The van der Waals surface area contributed by atoms with E-state index in [1.54, 1.807) is 0 Å². The molecule has 0 bridgehead atoms. The van der Waals surface area contributed by atoms with E-state index in [1.165, 1.54) is 12.5 Å². The van der Waals surface area contributed by atoms with Crippen LogP contribution in [0.2, 0.25) is 0 Å². The maximum Gasteiger partial charge on any atom is 0.0829 e. The largest absolute Gasteiger partial charge is 0.474 e. The van der Waals surface area contributed by atoms with E-state index in [9.17, 15) is 0 Å². The summed E-state index contributed by atoms with van der Waals surface area (Å²) in [6, 6.07) is 0. The van der Waals surface area contributed by atoms with Gasteiger partial charge in [0.1, 0.15) is 0 Å². The van der Waals surface area contributed by atoms with Gasteiger partial charge in [0.2, 0.25) is 0 Å². The van der Waals surface area contributed by atoms with Crippen LogP contribution in [0, 0.1) is 0 Å². The van der Waals surface area contributed by atoms with E-state index in [1.807, 2.05) is 6.92 Å². The van der Waals surface area contributed by atoms with E-state index in [0.29, 0.717) is 0 Å². The lowest BCUT2D eigenvalue weighted by Gasteiger charge is -1.76. The third-order valence-electron chi connectivity index (χ3n) is 0.192. The lowest BCUT2D eigenvalue weighted by Crippen LogP contribution is -1.52. The molecule has 0 unspecified atom stereocenters.